The highest BCUT2D eigenvalue weighted by molar-refractivity contribution is 4.87. The molecular formula is C16H33NO. The van der Waals surface area contributed by atoms with Crippen LogP contribution in [-0.2, 0) is 0 Å². The first kappa shape index (κ1) is 16.0. The van der Waals surface area contributed by atoms with Crippen LogP contribution in [0.4, 0.5) is 0 Å². The molecule has 1 N–H and O–H groups in total. The Morgan fingerprint density at radius 2 is 1.89 bits per heavy atom. The number of rotatable bonds is 7. The second-order valence-electron chi connectivity index (χ2n) is 6.47. The topological polar surface area (TPSA) is 23.5 Å². The van der Waals surface area contributed by atoms with Gasteiger partial charge in [0.1, 0.15) is 0 Å². The van der Waals surface area contributed by atoms with E-state index in [1.807, 2.05) is 0 Å². The second-order valence-corrected chi connectivity index (χ2v) is 6.47. The van der Waals surface area contributed by atoms with Crippen molar-refractivity contribution in [3.8, 4) is 0 Å². The summed E-state index contributed by atoms with van der Waals surface area (Å²) in [4.78, 5) is 2.66. The summed E-state index contributed by atoms with van der Waals surface area (Å²) in [5.74, 6) is 1.53. The Bertz CT molecular complexity index is 217. The van der Waals surface area contributed by atoms with Crippen molar-refractivity contribution in [1.82, 2.24) is 4.90 Å². The Morgan fingerprint density at radius 1 is 1.17 bits per heavy atom. The number of aliphatic hydroxyl groups excluding tert-OH is 1. The zero-order valence-electron chi connectivity index (χ0n) is 12.9. The van der Waals surface area contributed by atoms with Crippen molar-refractivity contribution in [2.45, 2.75) is 78.4 Å². The minimum absolute atomic E-state index is 0.0605. The van der Waals surface area contributed by atoms with Crippen LogP contribution >= 0.6 is 0 Å². The highest BCUT2D eigenvalue weighted by Crippen LogP contribution is 2.32. The third-order valence-corrected chi connectivity index (χ3v) is 4.17. The van der Waals surface area contributed by atoms with E-state index in [0.29, 0.717) is 6.04 Å². The summed E-state index contributed by atoms with van der Waals surface area (Å²) in [5, 5.41) is 9.99. The van der Waals surface area contributed by atoms with E-state index in [-0.39, 0.29) is 6.10 Å². The fourth-order valence-electron chi connectivity index (χ4n) is 3.49. The largest absolute Gasteiger partial charge is 0.393 e. The van der Waals surface area contributed by atoms with Crippen LogP contribution < -0.4 is 0 Å². The van der Waals surface area contributed by atoms with Crippen LogP contribution in [0.3, 0.4) is 0 Å². The van der Waals surface area contributed by atoms with Gasteiger partial charge < -0.3 is 5.11 Å². The third-order valence-electron chi connectivity index (χ3n) is 4.17. The molecule has 1 aliphatic rings. The fraction of sp³-hybridized carbons (Fsp3) is 1.00. The van der Waals surface area contributed by atoms with Gasteiger partial charge in [0.15, 0.2) is 0 Å². The highest BCUT2D eigenvalue weighted by Gasteiger charge is 2.32. The first-order valence-corrected chi connectivity index (χ1v) is 8.00. The van der Waals surface area contributed by atoms with Crippen LogP contribution in [0.15, 0.2) is 0 Å². The van der Waals surface area contributed by atoms with Gasteiger partial charge in [-0.1, -0.05) is 34.1 Å². The second kappa shape index (κ2) is 8.16. The molecule has 0 amide bonds. The molecule has 2 heteroatoms. The quantitative estimate of drug-likeness (QED) is 0.750. The molecule has 0 spiro atoms. The van der Waals surface area contributed by atoms with E-state index in [1.165, 1.54) is 38.8 Å². The van der Waals surface area contributed by atoms with Crippen molar-refractivity contribution in [3.05, 3.63) is 0 Å². The summed E-state index contributed by atoms with van der Waals surface area (Å²) in [7, 11) is 0. The van der Waals surface area contributed by atoms with Crippen LogP contribution in [0.25, 0.3) is 0 Å². The number of hydrogen-bond acceptors (Lipinski definition) is 2. The van der Waals surface area contributed by atoms with E-state index in [9.17, 15) is 5.11 Å². The van der Waals surface area contributed by atoms with E-state index in [0.717, 1.165) is 24.7 Å². The lowest BCUT2D eigenvalue weighted by Crippen LogP contribution is -2.47. The first-order valence-electron chi connectivity index (χ1n) is 8.00. The fourth-order valence-corrected chi connectivity index (χ4v) is 3.49. The normalized spacial score (nSPS) is 29.2. The van der Waals surface area contributed by atoms with Gasteiger partial charge in [-0.25, -0.2) is 0 Å². The van der Waals surface area contributed by atoms with Crippen molar-refractivity contribution in [2.75, 3.05) is 13.1 Å². The summed E-state index contributed by atoms with van der Waals surface area (Å²) < 4.78 is 0. The van der Waals surface area contributed by atoms with E-state index in [4.69, 9.17) is 0 Å². The molecule has 3 atom stereocenters. The molecule has 1 aliphatic carbocycles. The van der Waals surface area contributed by atoms with Gasteiger partial charge in [0.25, 0.3) is 0 Å². The molecule has 0 heterocycles. The van der Waals surface area contributed by atoms with Gasteiger partial charge in [-0.05, 0) is 50.5 Å². The van der Waals surface area contributed by atoms with Gasteiger partial charge in [0.2, 0.25) is 0 Å². The average Bonchev–Trinajstić information content (AvgIpc) is 2.30. The molecule has 0 radical (unpaired) electrons. The minimum atomic E-state index is -0.0605. The number of aliphatic hydroxyl groups is 1. The SMILES string of the molecule is CCCC1CCC(O)CC1N(CCC)CC(C)C. The van der Waals surface area contributed by atoms with Crippen molar-refractivity contribution >= 4 is 0 Å². The summed E-state index contributed by atoms with van der Waals surface area (Å²) in [6.07, 6.45) is 7.00. The Balaban J connectivity index is 2.68. The lowest BCUT2D eigenvalue weighted by Gasteiger charge is -2.42. The van der Waals surface area contributed by atoms with Crippen LogP contribution in [-0.4, -0.2) is 35.2 Å². The number of nitrogens with zero attached hydrogens (tertiary/aromatic N) is 1. The molecule has 0 aromatic rings. The summed E-state index contributed by atoms with van der Waals surface area (Å²) in [5.41, 5.74) is 0. The molecule has 1 fully saturated rings. The third kappa shape index (κ3) is 4.89. The summed E-state index contributed by atoms with van der Waals surface area (Å²) in [6, 6.07) is 0.621. The zero-order chi connectivity index (χ0) is 13.5. The maximum Gasteiger partial charge on any atom is 0.0555 e. The van der Waals surface area contributed by atoms with Crippen molar-refractivity contribution in [1.29, 1.82) is 0 Å². The molecule has 0 saturated heterocycles. The van der Waals surface area contributed by atoms with Crippen LogP contribution in [0.5, 0.6) is 0 Å². The molecule has 0 aromatic carbocycles. The van der Waals surface area contributed by atoms with Gasteiger partial charge in [0.05, 0.1) is 6.10 Å². The molecule has 0 bridgehead atoms. The summed E-state index contributed by atoms with van der Waals surface area (Å²) in [6.45, 7) is 11.5. The molecule has 3 unspecified atom stereocenters. The zero-order valence-corrected chi connectivity index (χ0v) is 12.9. The lowest BCUT2D eigenvalue weighted by molar-refractivity contribution is 0.0188. The van der Waals surface area contributed by atoms with Crippen LogP contribution in [0.2, 0.25) is 0 Å². The predicted molar refractivity (Wildman–Crippen MR) is 78.7 cm³/mol. The highest BCUT2D eigenvalue weighted by atomic mass is 16.3. The van der Waals surface area contributed by atoms with Gasteiger partial charge in [-0.2, -0.15) is 0 Å². The van der Waals surface area contributed by atoms with E-state index < -0.39 is 0 Å². The molecule has 108 valence electrons. The maximum atomic E-state index is 9.99. The minimum Gasteiger partial charge on any atom is -0.393 e. The van der Waals surface area contributed by atoms with Gasteiger partial charge in [-0.15, -0.1) is 0 Å². The molecular weight excluding hydrogens is 222 g/mol. The van der Waals surface area contributed by atoms with Gasteiger partial charge >= 0.3 is 0 Å². The number of hydrogen-bond donors (Lipinski definition) is 1. The maximum absolute atomic E-state index is 9.99. The van der Waals surface area contributed by atoms with Gasteiger partial charge in [-0.3, -0.25) is 4.90 Å². The monoisotopic (exact) mass is 255 g/mol. The Morgan fingerprint density at radius 3 is 2.44 bits per heavy atom. The van der Waals surface area contributed by atoms with Crippen molar-refractivity contribution in [3.63, 3.8) is 0 Å². The average molecular weight is 255 g/mol. The van der Waals surface area contributed by atoms with Crippen LogP contribution in [0, 0.1) is 11.8 Å². The molecule has 18 heavy (non-hydrogen) atoms. The molecule has 0 aliphatic heterocycles. The summed E-state index contributed by atoms with van der Waals surface area (Å²) >= 11 is 0. The van der Waals surface area contributed by atoms with Crippen molar-refractivity contribution < 1.29 is 5.11 Å². The molecule has 2 nitrogen and oxygen atoms in total. The molecule has 1 rings (SSSR count). The molecule has 1 saturated carbocycles. The van der Waals surface area contributed by atoms with Crippen molar-refractivity contribution in [2.24, 2.45) is 11.8 Å². The first-order chi connectivity index (χ1) is 8.58. The van der Waals surface area contributed by atoms with E-state index >= 15 is 0 Å². The van der Waals surface area contributed by atoms with E-state index in [1.54, 1.807) is 0 Å². The van der Waals surface area contributed by atoms with E-state index in [2.05, 4.69) is 32.6 Å². The Kier molecular flexibility index (Phi) is 7.25. The standard InChI is InChI=1S/C16H33NO/c1-5-7-14-8-9-15(18)11-16(14)17(10-6-2)12-13(3)4/h13-16,18H,5-12H2,1-4H3. The Labute approximate surface area is 114 Å². The Hall–Kier alpha value is -0.0800. The van der Waals surface area contributed by atoms with Crippen LogP contribution in [0.1, 0.15) is 66.2 Å². The lowest BCUT2D eigenvalue weighted by atomic mass is 9.79. The smallest absolute Gasteiger partial charge is 0.0555 e. The predicted octanol–water partition coefficient (Wildman–Crippen LogP) is 3.68. The molecule has 0 aromatic heterocycles. The van der Waals surface area contributed by atoms with Gasteiger partial charge in [0, 0.05) is 12.6 Å².